The number of rotatable bonds is 6. The van der Waals surface area contributed by atoms with Gasteiger partial charge in [0, 0.05) is 18.7 Å². The summed E-state index contributed by atoms with van der Waals surface area (Å²) in [6, 6.07) is 7.71. The van der Waals surface area contributed by atoms with Crippen molar-refractivity contribution in [1.29, 1.82) is 0 Å². The number of alkyl halides is 3. The van der Waals surface area contributed by atoms with Gasteiger partial charge < -0.3 is 16.2 Å². The first-order valence-corrected chi connectivity index (χ1v) is 8.74. The van der Waals surface area contributed by atoms with Gasteiger partial charge in [0.25, 0.3) is 0 Å². The van der Waals surface area contributed by atoms with E-state index in [0.29, 0.717) is 6.42 Å². The lowest BCUT2D eigenvalue weighted by Crippen LogP contribution is -2.38. The third-order valence-corrected chi connectivity index (χ3v) is 4.33. The van der Waals surface area contributed by atoms with Crippen LogP contribution in [0.5, 0.6) is 5.75 Å². The van der Waals surface area contributed by atoms with Gasteiger partial charge in [0.05, 0.1) is 5.56 Å². The molecule has 0 fully saturated rings. The van der Waals surface area contributed by atoms with Gasteiger partial charge >= 0.3 is 6.18 Å². The summed E-state index contributed by atoms with van der Waals surface area (Å²) in [5.41, 5.74) is 8.45. The Balaban J connectivity index is 1.91. The fourth-order valence-corrected chi connectivity index (χ4v) is 2.91. The number of amides is 1. The van der Waals surface area contributed by atoms with Crippen LogP contribution in [-0.4, -0.2) is 23.6 Å². The highest BCUT2D eigenvalue weighted by Gasteiger charge is 2.30. The van der Waals surface area contributed by atoms with Crippen LogP contribution in [0, 0.1) is 13.8 Å². The highest BCUT2D eigenvalue weighted by Crippen LogP contribution is 2.29. The predicted octanol–water partition coefficient (Wildman–Crippen LogP) is 3.73. The van der Waals surface area contributed by atoms with Crippen molar-refractivity contribution in [3.05, 3.63) is 70.3 Å². The zero-order valence-corrected chi connectivity index (χ0v) is 15.7. The Morgan fingerprint density at radius 1 is 1.21 bits per heavy atom. The van der Waals surface area contributed by atoms with E-state index < -0.39 is 17.6 Å². The highest BCUT2D eigenvalue weighted by molar-refractivity contribution is 5.91. The molecule has 2 aromatic rings. The maximum atomic E-state index is 12.7. The number of phenolic OH excluding ortho intramolecular Hbond substituents is 1. The van der Waals surface area contributed by atoms with Gasteiger partial charge in [-0.05, 0) is 72.9 Å². The lowest BCUT2D eigenvalue weighted by atomic mass is 9.96. The SMILES string of the molecule is Cc1cc(O)cc(C)c1C[C@H](N)CNC(=O)/C=C/c1cccc(C(F)(F)F)c1. The summed E-state index contributed by atoms with van der Waals surface area (Å²) in [5, 5.41) is 12.2. The molecule has 0 aromatic heterocycles. The van der Waals surface area contributed by atoms with Gasteiger partial charge in [-0.1, -0.05) is 12.1 Å². The number of aryl methyl sites for hydroxylation is 2. The second-order valence-electron chi connectivity index (χ2n) is 6.72. The smallest absolute Gasteiger partial charge is 0.416 e. The molecular formula is C21H23F3N2O2. The molecular weight excluding hydrogens is 369 g/mol. The summed E-state index contributed by atoms with van der Waals surface area (Å²) in [6.45, 7) is 3.97. The van der Waals surface area contributed by atoms with Crippen molar-refractivity contribution in [1.82, 2.24) is 5.32 Å². The number of nitrogens with one attached hydrogen (secondary N) is 1. The molecule has 0 aliphatic heterocycles. The Morgan fingerprint density at radius 3 is 2.46 bits per heavy atom. The number of halogens is 3. The van der Waals surface area contributed by atoms with Crippen LogP contribution in [0.1, 0.15) is 27.8 Å². The number of hydrogen-bond donors (Lipinski definition) is 3. The van der Waals surface area contributed by atoms with E-state index in [4.69, 9.17) is 5.73 Å². The predicted molar refractivity (Wildman–Crippen MR) is 103 cm³/mol. The maximum Gasteiger partial charge on any atom is 0.416 e. The topological polar surface area (TPSA) is 75.3 Å². The van der Waals surface area contributed by atoms with Crippen LogP contribution >= 0.6 is 0 Å². The van der Waals surface area contributed by atoms with Crippen LogP contribution in [-0.2, 0) is 17.4 Å². The van der Waals surface area contributed by atoms with Gasteiger partial charge in [0.15, 0.2) is 0 Å². The summed E-state index contributed by atoms with van der Waals surface area (Å²) >= 11 is 0. The molecule has 0 saturated heterocycles. The van der Waals surface area contributed by atoms with E-state index in [9.17, 15) is 23.1 Å². The summed E-state index contributed by atoms with van der Waals surface area (Å²) in [5.74, 6) is -0.243. The maximum absolute atomic E-state index is 12.7. The largest absolute Gasteiger partial charge is 0.508 e. The Kier molecular flexibility index (Phi) is 6.85. The van der Waals surface area contributed by atoms with E-state index in [1.807, 2.05) is 13.8 Å². The molecule has 0 radical (unpaired) electrons. The first-order chi connectivity index (χ1) is 13.1. The summed E-state index contributed by atoms with van der Waals surface area (Å²) in [6.07, 6.45) is -1.40. The van der Waals surface area contributed by atoms with Crippen LogP contribution in [0.25, 0.3) is 6.08 Å². The first-order valence-electron chi connectivity index (χ1n) is 8.74. The van der Waals surface area contributed by atoms with E-state index in [1.54, 1.807) is 12.1 Å². The van der Waals surface area contributed by atoms with E-state index in [2.05, 4.69) is 5.32 Å². The van der Waals surface area contributed by atoms with E-state index in [-0.39, 0.29) is 23.9 Å². The molecule has 0 aliphatic rings. The van der Waals surface area contributed by atoms with Crippen LogP contribution in [0.2, 0.25) is 0 Å². The molecule has 150 valence electrons. The van der Waals surface area contributed by atoms with Gasteiger partial charge in [-0.25, -0.2) is 0 Å². The molecule has 0 spiro atoms. The third-order valence-electron chi connectivity index (χ3n) is 4.33. The van der Waals surface area contributed by atoms with Crippen molar-refractivity contribution in [3.63, 3.8) is 0 Å². The average Bonchev–Trinajstić information content (AvgIpc) is 2.60. The molecule has 0 unspecified atom stereocenters. The van der Waals surface area contributed by atoms with E-state index in [0.717, 1.165) is 28.8 Å². The molecule has 2 aromatic carbocycles. The molecule has 4 N–H and O–H groups in total. The van der Waals surface area contributed by atoms with Gasteiger partial charge in [0.1, 0.15) is 5.75 Å². The van der Waals surface area contributed by atoms with Crippen molar-refractivity contribution in [3.8, 4) is 5.75 Å². The lowest BCUT2D eigenvalue weighted by Gasteiger charge is -2.16. The number of nitrogens with two attached hydrogens (primary N) is 1. The molecule has 1 atom stereocenters. The third kappa shape index (κ3) is 6.13. The summed E-state index contributed by atoms with van der Waals surface area (Å²) in [7, 11) is 0. The molecule has 0 saturated carbocycles. The minimum Gasteiger partial charge on any atom is -0.508 e. The Morgan fingerprint density at radius 2 is 1.86 bits per heavy atom. The van der Waals surface area contributed by atoms with Gasteiger partial charge in [-0.15, -0.1) is 0 Å². The monoisotopic (exact) mass is 392 g/mol. The normalized spacial score (nSPS) is 12.9. The van der Waals surface area contributed by atoms with Gasteiger partial charge in [-0.2, -0.15) is 13.2 Å². The minimum absolute atomic E-state index is 0.195. The number of carbonyl (C=O) groups is 1. The van der Waals surface area contributed by atoms with Crippen molar-refractivity contribution < 1.29 is 23.1 Å². The highest BCUT2D eigenvalue weighted by atomic mass is 19.4. The second kappa shape index (κ2) is 8.93. The Hall–Kier alpha value is -2.80. The fraction of sp³-hybridized carbons (Fsp3) is 0.286. The number of aromatic hydroxyl groups is 1. The molecule has 1 amide bonds. The zero-order chi connectivity index (χ0) is 20.9. The summed E-state index contributed by atoms with van der Waals surface area (Å²) < 4.78 is 38.1. The van der Waals surface area contributed by atoms with Gasteiger partial charge in [-0.3, -0.25) is 4.79 Å². The molecule has 2 rings (SSSR count). The molecule has 4 nitrogen and oxygen atoms in total. The van der Waals surface area contributed by atoms with Crippen LogP contribution in [0.3, 0.4) is 0 Å². The first kappa shape index (κ1) is 21.5. The lowest BCUT2D eigenvalue weighted by molar-refractivity contribution is -0.137. The quantitative estimate of drug-likeness (QED) is 0.656. The van der Waals surface area contributed by atoms with Crippen molar-refractivity contribution in [2.24, 2.45) is 5.73 Å². The van der Waals surface area contributed by atoms with Crippen molar-refractivity contribution in [2.45, 2.75) is 32.5 Å². The van der Waals surface area contributed by atoms with Gasteiger partial charge in [0.2, 0.25) is 5.91 Å². The molecule has 0 aliphatic carbocycles. The molecule has 7 heteroatoms. The zero-order valence-electron chi connectivity index (χ0n) is 15.7. The van der Waals surface area contributed by atoms with E-state index in [1.165, 1.54) is 24.3 Å². The molecule has 0 heterocycles. The molecule has 0 bridgehead atoms. The number of hydrogen-bond acceptors (Lipinski definition) is 3. The van der Waals surface area contributed by atoms with Crippen LogP contribution in [0.4, 0.5) is 13.2 Å². The molecule has 28 heavy (non-hydrogen) atoms. The average molecular weight is 392 g/mol. The number of carbonyl (C=O) groups excluding carboxylic acids is 1. The Bertz CT molecular complexity index is 853. The van der Waals surface area contributed by atoms with Crippen molar-refractivity contribution >= 4 is 12.0 Å². The van der Waals surface area contributed by atoms with Crippen molar-refractivity contribution in [2.75, 3.05) is 6.54 Å². The standard InChI is InChI=1S/C21H23F3N2O2/c1-13-8-18(27)9-14(2)19(13)11-17(25)12-26-20(28)7-6-15-4-3-5-16(10-15)21(22,23)24/h3-10,17,27H,11-12,25H2,1-2H3,(H,26,28)/b7-6+/t17-/m0/s1. The summed E-state index contributed by atoms with van der Waals surface area (Å²) in [4.78, 5) is 11.9. The Labute approximate surface area is 161 Å². The number of phenols is 1. The minimum atomic E-state index is -4.43. The second-order valence-corrected chi connectivity index (χ2v) is 6.72. The fourth-order valence-electron chi connectivity index (χ4n) is 2.91. The van der Waals surface area contributed by atoms with E-state index >= 15 is 0 Å². The van der Waals surface area contributed by atoms with Crippen LogP contribution < -0.4 is 11.1 Å². The number of benzene rings is 2. The van der Waals surface area contributed by atoms with Crippen LogP contribution in [0.15, 0.2) is 42.5 Å².